The molecular weight excluding hydrogens is 194 g/mol. The van der Waals surface area contributed by atoms with Crippen molar-refractivity contribution in [2.24, 2.45) is 0 Å². The summed E-state index contributed by atoms with van der Waals surface area (Å²) in [6.07, 6.45) is 5.84. The van der Waals surface area contributed by atoms with Crippen LogP contribution in [-0.4, -0.2) is 28.8 Å². The summed E-state index contributed by atoms with van der Waals surface area (Å²) in [6, 6.07) is 0.447. The van der Waals surface area contributed by atoms with Gasteiger partial charge in [-0.15, -0.1) is 0 Å². The average molecular weight is 219 g/mol. The zero-order chi connectivity index (χ0) is 10.8. The molecule has 2 unspecified atom stereocenters. The van der Waals surface area contributed by atoms with Gasteiger partial charge in [-0.3, -0.25) is 4.21 Å². The summed E-state index contributed by atoms with van der Waals surface area (Å²) in [6.45, 7) is 4.35. The van der Waals surface area contributed by atoms with E-state index in [9.17, 15) is 4.21 Å². The molecule has 2 atom stereocenters. The van der Waals surface area contributed by atoms with E-state index in [1.165, 1.54) is 12.8 Å². The molecule has 14 heavy (non-hydrogen) atoms. The minimum Gasteiger partial charge on any atom is -0.316 e. The molecule has 0 bridgehead atoms. The van der Waals surface area contributed by atoms with Gasteiger partial charge in [0, 0.05) is 28.3 Å². The third-order valence-corrected chi connectivity index (χ3v) is 3.93. The molecule has 0 aromatic carbocycles. The van der Waals surface area contributed by atoms with Crippen LogP contribution >= 0.6 is 0 Å². The maximum atomic E-state index is 11.6. The fourth-order valence-corrected chi connectivity index (χ4v) is 2.96. The van der Waals surface area contributed by atoms with Gasteiger partial charge in [0.1, 0.15) is 0 Å². The van der Waals surface area contributed by atoms with E-state index in [0.29, 0.717) is 6.04 Å². The maximum Gasteiger partial charge on any atom is 0.0388 e. The normalized spacial score (nSPS) is 15.4. The third-order valence-electron chi connectivity index (χ3n) is 2.41. The predicted octanol–water partition coefficient (Wildman–Crippen LogP) is 2.31. The Kier molecular flexibility index (Phi) is 9.73. The summed E-state index contributed by atoms with van der Waals surface area (Å²) >= 11 is 0. The van der Waals surface area contributed by atoms with Crippen molar-refractivity contribution >= 4 is 10.8 Å². The van der Waals surface area contributed by atoms with Crippen LogP contribution in [0.3, 0.4) is 0 Å². The second-order valence-corrected chi connectivity index (χ2v) is 5.41. The topological polar surface area (TPSA) is 29.1 Å². The van der Waals surface area contributed by atoms with Crippen molar-refractivity contribution in [3.8, 4) is 0 Å². The fourth-order valence-electron chi connectivity index (χ4n) is 1.48. The molecule has 0 rings (SSSR count). The quantitative estimate of drug-likeness (QED) is 0.603. The largest absolute Gasteiger partial charge is 0.316 e. The van der Waals surface area contributed by atoms with Crippen molar-refractivity contribution in [2.75, 3.05) is 18.6 Å². The van der Waals surface area contributed by atoms with E-state index in [1.54, 1.807) is 0 Å². The van der Waals surface area contributed by atoms with Gasteiger partial charge < -0.3 is 5.32 Å². The highest BCUT2D eigenvalue weighted by Gasteiger charge is 2.08. The molecule has 0 aromatic heterocycles. The minimum atomic E-state index is -0.615. The molecular formula is C11H25NOS. The Labute approximate surface area is 91.3 Å². The Morgan fingerprint density at radius 2 is 1.93 bits per heavy atom. The molecule has 0 spiro atoms. The molecule has 0 aliphatic heterocycles. The van der Waals surface area contributed by atoms with Crippen LogP contribution in [0, 0.1) is 0 Å². The number of rotatable bonds is 9. The minimum absolute atomic E-state index is 0.447. The highest BCUT2D eigenvalue weighted by Crippen LogP contribution is 2.02. The van der Waals surface area contributed by atoms with Crippen molar-refractivity contribution < 1.29 is 4.21 Å². The molecule has 3 heteroatoms. The van der Waals surface area contributed by atoms with Crippen molar-refractivity contribution in [3.05, 3.63) is 0 Å². The lowest BCUT2D eigenvalue weighted by molar-refractivity contribution is 0.556. The molecule has 86 valence electrons. The van der Waals surface area contributed by atoms with Crippen LogP contribution < -0.4 is 5.32 Å². The molecule has 2 nitrogen and oxygen atoms in total. The first-order chi connectivity index (χ1) is 6.74. The van der Waals surface area contributed by atoms with Gasteiger partial charge in [0.15, 0.2) is 0 Å². The Morgan fingerprint density at radius 1 is 1.21 bits per heavy atom. The van der Waals surface area contributed by atoms with E-state index in [2.05, 4.69) is 19.2 Å². The van der Waals surface area contributed by atoms with Gasteiger partial charge in [-0.2, -0.15) is 0 Å². The Balaban J connectivity index is 3.56. The monoisotopic (exact) mass is 219 g/mol. The fraction of sp³-hybridized carbons (Fsp3) is 1.00. The number of nitrogens with one attached hydrogen (secondary N) is 1. The number of hydrogen-bond donors (Lipinski definition) is 1. The highest BCUT2D eigenvalue weighted by molar-refractivity contribution is 7.85. The van der Waals surface area contributed by atoms with Crippen molar-refractivity contribution in [2.45, 2.75) is 52.0 Å². The van der Waals surface area contributed by atoms with E-state index in [0.717, 1.165) is 30.8 Å². The summed E-state index contributed by atoms with van der Waals surface area (Å²) in [7, 11) is 1.35. The van der Waals surface area contributed by atoms with E-state index in [-0.39, 0.29) is 0 Å². The molecule has 0 aromatic rings. The lowest BCUT2D eigenvalue weighted by atomic mass is 10.2. The molecule has 0 amide bonds. The highest BCUT2D eigenvalue weighted by atomic mass is 32.2. The zero-order valence-corrected chi connectivity index (χ0v) is 10.7. The van der Waals surface area contributed by atoms with Gasteiger partial charge in [0.05, 0.1) is 0 Å². The van der Waals surface area contributed by atoms with Gasteiger partial charge in [0.2, 0.25) is 0 Å². The lowest BCUT2D eigenvalue weighted by Crippen LogP contribution is -2.31. The van der Waals surface area contributed by atoms with E-state index in [1.807, 2.05) is 7.05 Å². The van der Waals surface area contributed by atoms with Crippen molar-refractivity contribution in [1.29, 1.82) is 0 Å². The van der Waals surface area contributed by atoms with Crippen molar-refractivity contribution in [3.63, 3.8) is 0 Å². The van der Waals surface area contributed by atoms with Gasteiger partial charge in [-0.25, -0.2) is 0 Å². The summed E-state index contributed by atoms with van der Waals surface area (Å²) in [5, 5.41) is 3.23. The first kappa shape index (κ1) is 14.1. The summed E-state index contributed by atoms with van der Waals surface area (Å²) in [4.78, 5) is 0. The molecule has 0 heterocycles. The summed E-state index contributed by atoms with van der Waals surface area (Å²) in [5.41, 5.74) is 0. The average Bonchev–Trinajstić information content (AvgIpc) is 2.17. The van der Waals surface area contributed by atoms with Crippen LogP contribution in [0.25, 0.3) is 0 Å². The van der Waals surface area contributed by atoms with Crippen LogP contribution in [0.2, 0.25) is 0 Å². The first-order valence-electron chi connectivity index (χ1n) is 5.76. The van der Waals surface area contributed by atoms with Crippen LogP contribution in [0.5, 0.6) is 0 Å². The van der Waals surface area contributed by atoms with Crippen LogP contribution in [0.15, 0.2) is 0 Å². The number of hydrogen-bond acceptors (Lipinski definition) is 2. The molecule has 0 saturated heterocycles. The Hall–Kier alpha value is 0.110. The van der Waals surface area contributed by atoms with Crippen LogP contribution in [0.1, 0.15) is 46.0 Å². The van der Waals surface area contributed by atoms with Crippen LogP contribution in [-0.2, 0) is 10.8 Å². The zero-order valence-electron chi connectivity index (χ0n) is 9.84. The molecule has 0 aliphatic carbocycles. The van der Waals surface area contributed by atoms with E-state index in [4.69, 9.17) is 0 Å². The molecule has 0 saturated carbocycles. The summed E-state index contributed by atoms with van der Waals surface area (Å²) < 4.78 is 11.6. The maximum absolute atomic E-state index is 11.6. The van der Waals surface area contributed by atoms with E-state index < -0.39 is 10.8 Å². The van der Waals surface area contributed by atoms with Gasteiger partial charge in [-0.1, -0.05) is 33.1 Å². The second kappa shape index (κ2) is 9.66. The Morgan fingerprint density at radius 3 is 2.43 bits per heavy atom. The van der Waals surface area contributed by atoms with Gasteiger partial charge >= 0.3 is 0 Å². The van der Waals surface area contributed by atoms with E-state index >= 15 is 0 Å². The SMILES string of the molecule is CCCCCS(=O)CC(CCC)NC. The second-order valence-electron chi connectivity index (χ2n) is 3.79. The summed E-state index contributed by atoms with van der Waals surface area (Å²) in [5.74, 6) is 1.71. The van der Waals surface area contributed by atoms with Crippen LogP contribution in [0.4, 0.5) is 0 Å². The predicted molar refractivity (Wildman–Crippen MR) is 65.2 cm³/mol. The number of unbranched alkanes of at least 4 members (excludes halogenated alkanes) is 2. The first-order valence-corrected chi connectivity index (χ1v) is 7.25. The van der Waals surface area contributed by atoms with Gasteiger partial charge in [-0.05, 0) is 19.9 Å². The third kappa shape index (κ3) is 7.51. The molecule has 0 aliphatic rings. The molecule has 0 radical (unpaired) electrons. The molecule has 0 fully saturated rings. The van der Waals surface area contributed by atoms with Gasteiger partial charge in [0.25, 0.3) is 0 Å². The molecule has 1 N–H and O–H groups in total. The smallest absolute Gasteiger partial charge is 0.0388 e. The lowest BCUT2D eigenvalue weighted by Gasteiger charge is -2.14. The Bertz CT molecular complexity index is 150. The standard InChI is InChI=1S/C11H25NOS/c1-4-6-7-9-14(13)10-11(12-3)8-5-2/h11-12H,4-10H2,1-3H3. The van der Waals surface area contributed by atoms with Crippen molar-refractivity contribution in [1.82, 2.24) is 5.32 Å².